The molecule has 1 aromatic carbocycles. The molecule has 0 fully saturated rings. The van der Waals surface area contributed by atoms with Crippen LogP contribution in [0.5, 0.6) is 5.75 Å². The number of hydrogen-bond donors (Lipinski definition) is 3. The molecule has 0 saturated carbocycles. The zero-order valence-electron chi connectivity index (χ0n) is 7.24. The van der Waals surface area contributed by atoms with Crippen LogP contribution in [0.1, 0.15) is 18.5 Å². The molecule has 0 spiro atoms. The lowest BCUT2D eigenvalue weighted by atomic mass is 10.0. The Bertz CT molecular complexity index is 302. The summed E-state index contributed by atoms with van der Waals surface area (Å²) in [6, 6.07) is 4.62. The van der Waals surface area contributed by atoms with E-state index >= 15 is 0 Å². The molecule has 13 heavy (non-hydrogen) atoms. The number of phenolic OH excluding ortho intramolecular Hbond substituents is 1. The van der Waals surface area contributed by atoms with Crippen LogP contribution in [0.3, 0.4) is 0 Å². The van der Waals surface area contributed by atoms with Crippen molar-refractivity contribution in [2.45, 2.75) is 19.1 Å². The van der Waals surface area contributed by atoms with Crippen molar-refractivity contribution in [2.75, 3.05) is 0 Å². The highest BCUT2D eigenvalue weighted by Crippen LogP contribution is 2.31. The highest BCUT2D eigenvalue weighted by molar-refractivity contribution is 9.10. The maximum Gasteiger partial charge on any atom is 0.134 e. The smallest absolute Gasteiger partial charge is 0.134 e. The van der Waals surface area contributed by atoms with Gasteiger partial charge >= 0.3 is 0 Å². The second kappa shape index (κ2) is 4.09. The Labute approximate surface area is 85.3 Å². The number of halogens is 1. The van der Waals surface area contributed by atoms with E-state index in [0.29, 0.717) is 10.0 Å². The minimum absolute atomic E-state index is 0.0934. The van der Waals surface area contributed by atoms with Gasteiger partial charge in [0.1, 0.15) is 5.75 Å². The van der Waals surface area contributed by atoms with Crippen LogP contribution in [-0.2, 0) is 0 Å². The van der Waals surface area contributed by atoms with Crippen molar-refractivity contribution >= 4 is 15.9 Å². The summed E-state index contributed by atoms with van der Waals surface area (Å²) in [5, 5.41) is 18.8. The summed E-state index contributed by atoms with van der Waals surface area (Å²) >= 11 is 3.18. The van der Waals surface area contributed by atoms with Crippen molar-refractivity contribution in [3.63, 3.8) is 0 Å². The van der Waals surface area contributed by atoms with E-state index in [1.807, 2.05) is 0 Å². The molecule has 4 N–H and O–H groups in total. The first kappa shape index (κ1) is 10.5. The Morgan fingerprint density at radius 3 is 2.62 bits per heavy atom. The third-order valence-electron chi connectivity index (χ3n) is 1.90. The summed E-state index contributed by atoms with van der Waals surface area (Å²) in [5.41, 5.74) is 6.22. The van der Waals surface area contributed by atoms with Crippen LogP contribution in [0.4, 0.5) is 0 Å². The van der Waals surface area contributed by atoms with Crippen molar-refractivity contribution in [1.82, 2.24) is 0 Å². The fraction of sp³-hybridized carbons (Fsp3) is 0.333. The molecule has 72 valence electrons. The average molecular weight is 246 g/mol. The van der Waals surface area contributed by atoms with Crippen molar-refractivity contribution in [3.05, 3.63) is 28.2 Å². The molecule has 1 aromatic rings. The van der Waals surface area contributed by atoms with E-state index in [1.165, 1.54) is 0 Å². The van der Waals surface area contributed by atoms with E-state index in [2.05, 4.69) is 15.9 Å². The van der Waals surface area contributed by atoms with Crippen LogP contribution in [-0.4, -0.2) is 16.3 Å². The van der Waals surface area contributed by atoms with Crippen molar-refractivity contribution in [1.29, 1.82) is 0 Å². The largest absolute Gasteiger partial charge is 0.506 e. The molecule has 3 nitrogen and oxygen atoms in total. The molecular weight excluding hydrogens is 234 g/mol. The van der Waals surface area contributed by atoms with Crippen LogP contribution in [0.25, 0.3) is 0 Å². The topological polar surface area (TPSA) is 66.5 Å². The van der Waals surface area contributed by atoms with Gasteiger partial charge in [-0.1, -0.05) is 12.1 Å². The molecule has 0 aliphatic heterocycles. The minimum atomic E-state index is -0.680. The number of aromatic hydroxyl groups is 1. The van der Waals surface area contributed by atoms with Crippen LogP contribution in [0.2, 0.25) is 0 Å². The molecule has 0 aliphatic carbocycles. The molecule has 0 amide bonds. The zero-order chi connectivity index (χ0) is 10.0. The Kier molecular flexibility index (Phi) is 3.30. The summed E-state index contributed by atoms with van der Waals surface area (Å²) in [5.74, 6) is 0.0934. The molecule has 0 unspecified atom stereocenters. The molecule has 4 heteroatoms. The molecule has 0 radical (unpaired) electrons. The standard InChI is InChI=1S/C9H12BrNO2/c1-5(12)8(11)6-3-2-4-7(10)9(6)13/h2-5,8,12-13H,11H2,1H3/t5-,8+/m1/s1. The van der Waals surface area contributed by atoms with Gasteiger partial charge in [0.15, 0.2) is 0 Å². The fourth-order valence-electron chi connectivity index (χ4n) is 1.06. The Hall–Kier alpha value is -0.580. The van der Waals surface area contributed by atoms with Gasteiger partial charge in [0.2, 0.25) is 0 Å². The lowest BCUT2D eigenvalue weighted by Crippen LogP contribution is -2.23. The molecule has 0 saturated heterocycles. The second-order valence-corrected chi connectivity index (χ2v) is 3.80. The average Bonchev–Trinajstić information content (AvgIpc) is 2.08. The zero-order valence-corrected chi connectivity index (χ0v) is 8.82. The Morgan fingerprint density at radius 1 is 1.46 bits per heavy atom. The van der Waals surface area contributed by atoms with Crippen LogP contribution >= 0.6 is 15.9 Å². The third kappa shape index (κ3) is 2.21. The Morgan fingerprint density at radius 2 is 2.08 bits per heavy atom. The quantitative estimate of drug-likeness (QED) is 0.741. The predicted molar refractivity (Wildman–Crippen MR) is 54.4 cm³/mol. The van der Waals surface area contributed by atoms with Crippen LogP contribution < -0.4 is 5.73 Å². The summed E-state index contributed by atoms with van der Waals surface area (Å²) in [6.45, 7) is 1.59. The van der Waals surface area contributed by atoms with Gasteiger partial charge in [-0.2, -0.15) is 0 Å². The number of rotatable bonds is 2. The van der Waals surface area contributed by atoms with Crippen LogP contribution in [0.15, 0.2) is 22.7 Å². The van der Waals surface area contributed by atoms with Gasteiger partial charge in [-0.05, 0) is 28.9 Å². The van der Waals surface area contributed by atoms with Crippen LogP contribution in [0, 0.1) is 0 Å². The van der Waals surface area contributed by atoms with Crippen molar-refractivity contribution in [2.24, 2.45) is 5.73 Å². The van der Waals surface area contributed by atoms with Gasteiger partial charge in [0.25, 0.3) is 0 Å². The number of aliphatic hydroxyl groups excluding tert-OH is 1. The van der Waals surface area contributed by atoms with E-state index in [9.17, 15) is 10.2 Å². The van der Waals surface area contributed by atoms with Gasteiger partial charge in [-0.15, -0.1) is 0 Å². The van der Waals surface area contributed by atoms with Gasteiger partial charge in [0.05, 0.1) is 16.6 Å². The summed E-state index contributed by atoms with van der Waals surface area (Å²) in [4.78, 5) is 0. The van der Waals surface area contributed by atoms with E-state index < -0.39 is 12.1 Å². The lowest BCUT2D eigenvalue weighted by Gasteiger charge is -2.16. The van der Waals surface area contributed by atoms with E-state index in [1.54, 1.807) is 25.1 Å². The molecule has 1 rings (SSSR count). The van der Waals surface area contributed by atoms with E-state index in [0.717, 1.165) is 0 Å². The maximum atomic E-state index is 9.58. The number of benzene rings is 1. The Balaban J connectivity index is 3.07. The number of aliphatic hydroxyl groups is 1. The first-order valence-corrected chi connectivity index (χ1v) is 4.74. The lowest BCUT2D eigenvalue weighted by molar-refractivity contribution is 0.163. The highest BCUT2D eigenvalue weighted by Gasteiger charge is 2.16. The molecular formula is C9H12BrNO2. The first-order chi connectivity index (χ1) is 6.04. The number of hydrogen-bond acceptors (Lipinski definition) is 3. The van der Waals surface area contributed by atoms with Gasteiger partial charge in [-0.25, -0.2) is 0 Å². The van der Waals surface area contributed by atoms with Gasteiger partial charge in [-0.3, -0.25) is 0 Å². The maximum absolute atomic E-state index is 9.58. The molecule has 0 bridgehead atoms. The highest BCUT2D eigenvalue weighted by atomic mass is 79.9. The molecule has 2 atom stereocenters. The summed E-state index contributed by atoms with van der Waals surface area (Å²) in [7, 11) is 0. The monoisotopic (exact) mass is 245 g/mol. The first-order valence-electron chi connectivity index (χ1n) is 3.95. The SMILES string of the molecule is C[C@@H](O)[C@H](N)c1cccc(Br)c1O. The second-order valence-electron chi connectivity index (χ2n) is 2.94. The normalized spacial score (nSPS) is 15.4. The molecule has 0 aromatic heterocycles. The fourth-order valence-corrected chi connectivity index (χ4v) is 1.44. The number of para-hydroxylation sites is 1. The van der Waals surface area contributed by atoms with Crippen molar-refractivity contribution < 1.29 is 10.2 Å². The number of nitrogens with two attached hydrogens (primary N) is 1. The predicted octanol–water partition coefficient (Wildman–Crippen LogP) is 1.54. The summed E-state index contributed by atoms with van der Waals surface area (Å²) < 4.78 is 0.584. The molecule has 0 heterocycles. The van der Waals surface area contributed by atoms with Crippen molar-refractivity contribution in [3.8, 4) is 5.75 Å². The summed E-state index contributed by atoms with van der Waals surface area (Å²) in [6.07, 6.45) is -0.680. The molecule has 0 aliphatic rings. The van der Waals surface area contributed by atoms with Gasteiger partial charge < -0.3 is 15.9 Å². The van der Waals surface area contributed by atoms with E-state index in [-0.39, 0.29) is 5.75 Å². The number of phenols is 1. The third-order valence-corrected chi connectivity index (χ3v) is 2.54. The van der Waals surface area contributed by atoms with E-state index in [4.69, 9.17) is 5.73 Å². The van der Waals surface area contributed by atoms with Gasteiger partial charge in [0, 0.05) is 5.56 Å². The minimum Gasteiger partial charge on any atom is -0.506 e.